The van der Waals surface area contributed by atoms with Crippen molar-refractivity contribution in [3.05, 3.63) is 59.7 Å². The third-order valence-corrected chi connectivity index (χ3v) is 3.82. The molecule has 0 spiro atoms. The molecular weight excluding hydrogens is 290 g/mol. The molecular formula is C19H23NO3. The third-order valence-electron chi connectivity index (χ3n) is 3.82. The van der Waals surface area contributed by atoms with Gasteiger partial charge in [0.1, 0.15) is 18.1 Å². The summed E-state index contributed by atoms with van der Waals surface area (Å²) in [6.07, 6.45) is 0. The average Bonchev–Trinajstić information content (AvgIpc) is 2.59. The zero-order valence-electron chi connectivity index (χ0n) is 13.7. The summed E-state index contributed by atoms with van der Waals surface area (Å²) in [5.74, 6) is 0.845. The first-order valence-electron chi connectivity index (χ1n) is 7.93. The molecule has 0 bridgehead atoms. The number of rotatable bonds is 8. The van der Waals surface area contributed by atoms with E-state index in [-0.39, 0.29) is 11.5 Å². The molecule has 4 heteroatoms. The Morgan fingerprint density at radius 1 is 0.957 bits per heavy atom. The second kappa shape index (κ2) is 8.34. The molecule has 0 atom stereocenters. The van der Waals surface area contributed by atoms with Crippen molar-refractivity contribution in [1.29, 1.82) is 0 Å². The van der Waals surface area contributed by atoms with E-state index in [1.807, 2.05) is 12.1 Å². The van der Waals surface area contributed by atoms with Crippen molar-refractivity contribution >= 4 is 5.78 Å². The van der Waals surface area contributed by atoms with Crippen LogP contribution in [-0.4, -0.2) is 42.0 Å². The number of aromatic hydroxyl groups is 1. The predicted molar refractivity (Wildman–Crippen MR) is 91.3 cm³/mol. The summed E-state index contributed by atoms with van der Waals surface area (Å²) in [5, 5.41) is 9.27. The Morgan fingerprint density at radius 2 is 1.48 bits per heavy atom. The lowest BCUT2D eigenvalue weighted by molar-refractivity contribution is 0.103. The van der Waals surface area contributed by atoms with Crippen molar-refractivity contribution < 1.29 is 14.6 Å². The Labute approximate surface area is 137 Å². The van der Waals surface area contributed by atoms with Gasteiger partial charge in [-0.05, 0) is 61.6 Å². The number of hydrogen-bond acceptors (Lipinski definition) is 4. The second-order valence-electron chi connectivity index (χ2n) is 5.28. The lowest BCUT2D eigenvalue weighted by Gasteiger charge is -2.18. The van der Waals surface area contributed by atoms with Gasteiger partial charge in [0.05, 0.1) is 0 Å². The van der Waals surface area contributed by atoms with Gasteiger partial charge in [0.25, 0.3) is 0 Å². The molecule has 0 unspecified atom stereocenters. The minimum atomic E-state index is -0.0697. The molecule has 0 fully saturated rings. The van der Waals surface area contributed by atoms with Crippen molar-refractivity contribution in [2.45, 2.75) is 13.8 Å². The van der Waals surface area contributed by atoms with Gasteiger partial charge in [-0.2, -0.15) is 0 Å². The fourth-order valence-corrected chi connectivity index (χ4v) is 2.31. The van der Waals surface area contributed by atoms with Gasteiger partial charge in [0.2, 0.25) is 0 Å². The van der Waals surface area contributed by atoms with E-state index in [0.29, 0.717) is 17.7 Å². The maximum atomic E-state index is 12.3. The van der Waals surface area contributed by atoms with Gasteiger partial charge >= 0.3 is 0 Å². The summed E-state index contributed by atoms with van der Waals surface area (Å²) in [6, 6.07) is 13.4. The number of phenols is 1. The highest BCUT2D eigenvalue weighted by molar-refractivity contribution is 6.09. The van der Waals surface area contributed by atoms with E-state index in [1.165, 1.54) is 12.1 Å². The molecule has 1 N–H and O–H groups in total. The van der Waals surface area contributed by atoms with Gasteiger partial charge in [-0.25, -0.2) is 0 Å². The van der Waals surface area contributed by atoms with E-state index in [1.54, 1.807) is 24.3 Å². The topological polar surface area (TPSA) is 49.8 Å². The highest BCUT2D eigenvalue weighted by Gasteiger charge is 2.09. The highest BCUT2D eigenvalue weighted by atomic mass is 16.5. The van der Waals surface area contributed by atoms with E-state index in [0.717, 1.165) is 25.4 Å². The number of likely N-dealkylation sites (N-methyl/N-ethyl adjacent to an activating group) is 1. The smallest absolute Gasteiger partial charge is 0.193 e. The number of benzene rings is 2. The lowest BCUT2D eigenvalue weighted by atomic mass is 10.0. The van der Waals surface area contributed by atoms with Crippen molar-refractivity contribution in [3.63, 3.8) is 0 Å². The first-order valence-corrected chi connectivity index (χ1v) is 7.93. The van der Waals surface area contributed by atoms with Crippen LogP contribution in [0.4, 0.5) is 0 Å². The van der Waals surface area contributed by atoms with Crippen LogP contribution in [0.2, 0.25) is 0 Å². The number of hydrogen-bond donors (Lipinski definition) is 1. The largest absolute Gasteiger partial charge is 0.508 e. The zero-order chi connectivity index (χ0) is 16.7. The number of nitrogens with zero attached hydrogens (tertiary/aromatic N) is 1. The maximum Gasteiger partial charge on any atom is 0.193 e. The molecule has 4 nitrogen and oxygen atoms in total. The van der Waals surface area contributed by atoms with Crippen LogP contribution in [0.5, 0.6) is 11.5 Å². The van der Waals surface area contributed by atoms with Crippen LogP contribution in [0.3, 0.4) is 0 Å². The van der Waals surface area contributed by atoms with Gasteiger partial charge in [-0.15, -0.1) is 0 Å². The molecule has 122 valence electrons. The van der Waals surface area contributed by atoms with E-state index < -0.39 is 0 Å². The van der Waals surface area contributed by atoms with Crippen LogP contribution in [0.25, 0.3) is 0 Å². The van der Waals surface area contributed by atoms with Crippen molar-refractivity contribution in [2.24, 2.45) is 0 Å². The minimum Gasteiger partial charge on any atom is -0.508 e. The monoisotopic (exact) mass is 313 g/mol. The summed E-state index contributed by atoms with van der Waals surface area (Å²) >= 11 is 0. The predicted octanol–water partition coefficient (Wildman–Crippen LogP) is 3.34. The van der Waals surface area contributed by atoms with E-state index >= 15 is 0 Å². The molecule has 0 aliphatic heterocycles. The van der Waals surface area contributed by atoms with Gasteiger partial charge in [0, 0.05) is 17.7 Å². The van der Waals surface area contributed by atoms with Gasteiger partial charge in [-0.3, -0.25) is 4.79 Å². The van der Waals surface area contributed by atoms with Crippen LogP contribution in [0.1, 0.15) is 29.8 Å². The standard InChI is InChI=1S/C19H23NO3/c1-3-20(4-2)13-14-23-18-11-7-16(8-12-18)19(22)15-5-9-17(21)10-6-15/h5-12,21H,3-4,13-14H2,1-2H3. The first kappa shape index (κ1) is 17.0. The van der Waals surface area contributed by atoms with E-state index in [2.05, 4.69) is 18.7 Å². The Morgan fingerprint density at radius 3 is 2.00 bits per heavy atom. The molecule has 2 rings (SSSR count). The molecule has 23 heavy (non-hydrogen) atoms. The summed E-state index contributed by atoms with van der Waals surface area (Å²) in [5.41, 5.74) is 1.16. The normalized spacial score (nSPS) is 10.7. The fourth-order valence-electron chi connectivity index (χ4n) is 2.31. The molecule has 0 aliphatic carbocycles. The van der Waals surface area contributed by atoms with E-state index in [9.17, 15) is 9.90 Å². The van der Waals surface area contributed by atoms with Crippen LogP contribution in [0, 0.1) is 0 Å². The van der Waals surface area contributed by atoms with Crippen molar-refractivity contribution in [1.82, 2.24) is 4.90 Å². The Hall–Kier alpha value is -2.33. The van der Waals surface area contributed by atoms with E-state index in [4.69, 9.17) is 4.74 Å². The third kappa shape index (κ3) is 4.83. The molecule has 0 saturated carbocycles. The van der Waals surface area contributed by atoms with Crippen LogP contribution in [0.15, 0.2) is 48.5 Å². The first-order chi connectivity index (χ1) is 11.1. The van der Waals surface area contributed by atoms with Crippen LogP contribution in [-0.2, 0) is 0 Å². The summed E-state index contributed by atoms with van der Waals surface area (Å²) in [6.45, 7) is 7.81. The molecule has 0 aliphatic rings. The number of ketones is 1. The van der Waals surface area contributed by atoms with Crippen LogP contribution < -0.4 is 4.74 Å². The Balaban J connectivity index is 1.93. The zero-order valence-corrected chi connectivity index (χ0v) is 13.7. The Bertz CT molecular complexity index is 616. The molecule has 0 aromatic heterocycles. The minimum absolute atomic E-state index is 0.0697. The molecule has 0 heterocycles. The maximum absolute atomic E-state index is 12.3. The number of ether oxygens (including phenoxy) is 1. The summed E-state index contributed by atoms with van der Waals surface area (Å²) in [4.78, 5) is 14.6. The SMILES string of the molecule is CCN(CC)CCOc1ccc(C(=O)c2ccc(O)cc2)cc1. The molecule has 0 radical (unpaired) electrons. The van der Waals surface area contributed by atoms with Crippen molar-refractivity contribution in [3.8, 4) is 11.5 Å². The highest BCUT2D eigenvalue weighted by Crippen LogP contribution is 2.17. The number of carbonyl (C=O) groups excluding carboxylic acids is 1. The van der Waals surface area contributed by atoms with Gasteiger partial charge < -0.3 is 14.7 Å². The number of carbonyl (C=O) groups is 1. The Kier molecular flexibility index (Phi) is 6.18. The average molecular weight is 313 g/mol. The lowest BCUT2D eigenvalue weighted by Crippen LogP contribution is -2.27. The summed E-state index contributed by atoms with van der Waals surface area (Å²) in [7, 11) is 0. The second-order valence-corrected chi connectivity index (χ2v) is 5.28. The molecule has 2 aromatic carbocycles. The molecule has 0 saturated heterocycles. The molecule has 2 aromatic rings. The van der Waals surface area contributed by atoms with Crippen LogP contribution >= 0.6 is 0 Å². The fraction of sp³-hybridized carbons (Fsp3) is 0.316. The molecule has 0 amide bonds. The summed E-state index contributed by atoms with van der Waals surface area (Å²) < 4.78 is 5.71. The van der Waals surface area contributed by atoms with Gasteiger partial charge in [0.15, 0.2) is 5.78 Å². The number of phenolic OH excluding ortho intramolecular Hbond substituents is 1. The quantitative estimate of drug-likeness (QED) is 0.759. The van der Waals surface area contributed by atoms with Crippen molar-refractivity contribution in [2.75, 3.05) is 26.2 Å². The van der Waals surface area contributed by atoms with Gasteiger partial charge in [-0.1, -0.05) is 13.8 Å².